The van der Waals surface area contributed by atoms with E-state index in [1.165, 1.54) is 33.0 Å². The summed E-state index contributed by atoms with van der Waals surface area (Å²) in [6, 6.07) is 10.9. The maximum absolute atomic E-state index is 5.20. The molecule has 0 aromatic heterocycles. The van der Waals surface area contributed by atoms with Crippen LogP contribution in [0.4, 0.5) is 0 Å². The molecule has 0 saturated heterocycles. The Hall–Kier alpha value is -1.60. The van der Waals surface area contributed by atoms with Crippen LogP contribution in [-0.2, 0) is 11.3 Å². The summed E-state index contributed by atoms with van der Waals surface area (Å²) in [5, 5.41) is 2.70. The first kappa shape index (κ1) is 9.61. The molecule has 80 valence electrons. The Morgan fingerprint density at radius 2 is 2.06 bits per heavy atom. The van der Waals surface area contributed by atoms with E-state index in [-0.39, 0.29) is 0 Å². The predicted octanol–water partition coefficient (Wildman–Crippen LogP) is 3.86. The Labute approximate surface area is 95.4 Å². The first-order chi connectivity index (χ1) is 7.79. The topological polar surface area (TPSA) is 9.23 Å². The lowest BCUT2D eigenvalue weighted by Crippen LogP contribution is -1.89. The fraction of sp³-hybridized carbons (Fsp3) is 0.200. The minimum atomic E-state index is 0.681. The summed E-state index contributed by atoms with van der Waals surface area (Å²) in [4.78, 5) is 0. The van der Waals surface area contributed by atoms with Crippen LogP contribution in [0.5, 0.6) is 0 Å². The zero-order valence-corrected chi connectivity index (χ0v) is 9.58. The molecule has 16 heavy (non-hydrogen) atoms. The monoisotopic (exact) mass is 210 g/mol. The number of hydrogen-bond donors (Lipinski definition) is 0. The van der Waals surface area contributed by atoms with Crippen LogP contribution in [0.2, 0.25) is 0 Å². The minimum absolute atomic E-state index is 0.681. The molecule has 1 aliphatic rings. The summed E-state index contributed by atoms with van der Waals surface area (Å²) in [6.07, 6.45) is 2.26. The van der Waals surface area contributed by atoms with Crippen molar-refractivity contribution in [2.45, 2.75) is 13.5 Å². The van der Waals surface area contributed by atoms with E-state index in [1.54, 1.807) is 7.11 Å². The number of allylic oxidation sites excluding steroid dienone is 1. The summed E-state index contributed by atoms with van der Waals surface area (Å²) < 4.78 is 5.20. The first-order valence-electron chi connectivity index (χ1n) is 5.53. The van der Waals surface area contributed by atoms with Crippen LogP contribution < -0.4 is 0 Å². The van der Waals surface area contributed by atoms with Crippen molar-refractivity contribution in [1.82, 2.24) is 0 Å². The Morgan fingerprint density at radius 1 is 1.19 bits per heavy atom. The summed E-state index contributed by atoms with van der Waals surface area (Å²) >= 11 is 0. The fourth-order valence-electron chi connectivity index (χ4n) is 2.53. The molecule has 2 aromatic rings. The van der Waals surface area contributed by atoms with E-state index >= 15 is 0 Å². The number of methoxy groups -OCH3 is 1. The van der Waals surface area contributed by atoms with Crippen LogP contribution in [0.15, 0.2) is 30.3 Å². The lowest BCUT2D eigenvalue weighted by molar-refractivity contribution is 0.185. The third kappa shape index (κ3) is 1.29. The molecule has 0 aliphatic heterocycles. The van der Waals surface area contributed by atoms with Crippen LogP contribution in [-0.4, -0.2) is 7.11 Å². The molecule has 0 heterocycles. The average Bonchev–Trinajstić information content (AvgIpc) is 2.58. The van der Waals surface area contributed by atoms with Gasteiger partial charge in [-0.25, -0.2) is 0 Å². The maximum atomic E-state index is 5.20. The van der Waals surface area contributed by atoms with Gasteiger partial charge < -0.3 is 4.74 Å². The van der Waals surface area contributed by atoms with Crippen LogP contribution in [0.1, 0.15) is 23.6 Å². The summed E-state index contributed by atoms with van der Waals surface area (Å²) in [7, 11) is 1.74. The molecule has 1 nitrogen and oxygen atoms in total. The van der Waals surface area contributed by atoms with Gasteiger partial charge in [0, 0.05) is 7.11 Å². The van der Waals surface area contributed by atoms with Gasteiger partial charge in [0.15, 0.2) is 0 Å². The van der Waals surface area contributed by atoms with Crippen molar-refractivity contribution in [3.05, 3.63) is 47.0 Å². The van der Waals surface area contributed by atoms with Gasteiger partial charge in [-0.2, -0.15) is 0 Å². The Kier molecular flexibility index (Phi) is 2.08. The highest BCUT2D eigenvalue weighted by Gasteiger charge is 2.13. The van der Waals surface area contributed by atoms with Crippen molar-refractivity contribution in [2.24, 2.45) is 0 Å². The fourth-order valence-corrected chi connectivity index (χ4v) is 2.53. The molecule has 0 spiro atoms. The second kappa shape index (κ2) is 3.46. The van der Waals surface area contributed by atoms with Crippen molar-refractivity contribution in [1.29, 1.82) is 0 Å². The molecule has 0 bridgehead atoms. The zero-order valence-electron chi connectivity index (χ0n) is 9.58. The van der Waals surface area contributed by atoms with E-state index in [4.69, 9.17) is 4.74 Å². The van der Waals surface area contributed by atoms with Gasteiger partial charge in [0.2, 0.25) is 0 Å². The minimum Gasteiger partial charge on any atom is -0.380 e. The summed E-state index contributed by atoms with van der Waals surface area (Å²) in [5.74, 6) is 0. The molecule has 0 saturated carbocycles. The van der Waals surface area contributed by atoms with Crippen molar-refractivity contribution < 1.29 is 4.74 Å². The van der Waals surface area contributed by atoms with Crippen molar-refractivity contribution in [3.8, 4) is 0 Å². The molecule has 0 atom stereocenters. The third-order valence-electron chi connectivity index (χ3n) is 3.18. The molecule has 3 rings (SSSR count). The van der Waals surface area contributed by atoms with E-state index in [1.807, 2.05) is 0 Å². The quantitative estimate of drug-likeness (QED) is 0.731. The van der Waals surface area contributed by atoms with E-state index in [0.29, 0.717) is 6.61 Å². The van der Waals surface area contributed by atoms with E-state index in [0.717, 1.165) is 0 Å². The van der Waals surface area contributed by atoms with E-state index in [2.05, 4.69) is 43.3 Å². The number of rotatable bonds is 2. The van der Waals surface area contributed by atoms with Gasteiger partial charge in [0.05, 0.1) is 6.61 Å². The second-order valence-corrected chi connectivity index (χ2v) is 4.35. The standard InChI is InChI=1S/C15H14O/c1-10-6-13-8-11(9-16-2)7-12-4-3-5-14(10)15(12)13/h3-8H,9H2,1-2H3. The Bertz CT molecular complexity index is 594. The molecular formula is C15H14O. The molecule has 2 aromatic carbocycles. The van der Waals surface area contributed by atoms with Gasteiger partial charge in [-0.1, -0.05) is 24.3 Å². The molecular weight excluding hydrogens is 196 g/mol. The molecule has 0 amide bonds. The van der Waals surface area contributed by atoms with Crippen molar-refractivity contribution in [2.75, 3.05) is 7.11 Å². The molecule has 0 fully saturated rings. The molecule has 0 N–H and O–H groups in total. The van der Waals surface area contributed by atoms with Crippen LogP contribution >= 0.6 is 0 Å². The van der Waals surface area contributed by atoms with E-state index in [9.17, 15) is 0 Å². The van der Waals surface area contributed by atoms with Gasteiger partial charge >= 0.3 is 0 Å². The van der Waals surface area contributed by atoms with Gasteiger partial charge in [0.25, 0.3) is 0 Å². The first-order valence-corrected chi connectivity index (χ1v) is 5.53. The number of hydrogen-bond acceptors (Lipinski definition) is 1. The smallest absolute Gasteiger partial charge is 0.0713 e. The molecule has 0 unspecified atom stereocenters. The molecule has 0 radical (unpaired) electrons. The van der Waals surface area contributed by atoms with Crippen LogP contribution in [0, 0.1) is 0 Å². The number of benzene rings is 2. The summed E-state index contributed by atoms with van der Waals surface area (Å²) in [6.45, 7) is 2.85. The lowest BCUT2D eigenvalue weighted by Gasteiger charge is -2.06. The molecule has 1 aliphatic carbocycles. The van der Waals surface area contributed by atoms with Gasteiger partial charge in [0.1, 0.15) is 0 Å². The second-order valence-electron chi connectivity index (χ2n) is 4.35. The van der Waals surface area contributed by atoms with Gasteiger partial charge in [-0.15, -0.1) is 0 Å². The zero-order chi connectivity index (χ0) is 11.1. The van der Waals surface area contributed by atoms with Gasteiger partial charge in [-0.3, -0.25) is 0 Å². The predicted molar refractivity (Wildman–Crippen MR) is 68.2 cm³/mol. The maximum Gasteiger partial charge on any atom is 0.0713 e. The van der Waals surface area contributed by atoms with Crippen LogP contribution in [0.25, 0.3) is 22.4 Å². The highest BCUT2D eigenvalue weighted by Crippen LogP contribution is 2.36. The molecule has 1 heteroatoms. The Balaban J connectivity index is 2.32. The largest absolute Gasteiger partial charge is 0.380 e. The SMILES string of the molecule is COCc1cc2c3c(cccc3c1)C(C)=C2. The van der Waals surface area contributed by atoms with Crippen LogP contribution in [0.3, 0.4) is 0 Å². The third-order valence-corrected chi connectivity index (χ3v) is 3.18. The number of ether oxygens (including phenoxy) is 1. The lowest BCUT2D eigenvalue weighted by atomic mass is 10.0. The van der Waals surface area contributed by atoms with Crippen molar-refractivity contribution in [3.63, 3.8) is 0 Å². The van der Waals surface area contributed by atoms with E-state index < -0.39 is 0 Å². The normalized spacial score (nSPS) is 13.2. The highest BCUT2D eigenvalue weighted by atomic mass is 16.5. The average molecular weight is 210 g/mol. The summed E-state index contributed by atoms with van der Waals surface area (Å²) in [5.41, 5.74) is 5.30. The van der Waals surface area contributed by atoms with Crippen molar-refractivity contribution >= 4 is 22.4 Å². The Morgan fingerprint density at radius 3 is 2.88 bits per heavy atom. The highest BCUT2D eigenvalue weighted by molar-refractivity contribution is 6.08. The van der Waals surface area contributed by atoms with Gasteiger partial charge in [-0.05, 0) is 52.1 Å².